The van der Waals surface area contributed by atoms with Gasteiger partial charge in [0.1, 0.15) is 0 Å². The fraction of sp³-hybridized carbons (Fsp3) is 0.182. The van der Waals surface area contributed by atoms with E-state index in [2.05, 4.69) is 72.8 Å². The van der Waals surface area contributed by atoms with E-state index in [4.69, 9.17) is 9.78 Å². The molecule has 2 heteroatoms. The molecule has 3 aromatic carbocycles. The van der Waals surface area contributed by atoms with Gasteiger partial charge < -0.3 is 0 Å². The van der Waals surface area contributed by atoms with Crippen LogP contribution in [-0.4, -0.2) is 0 Å². The second-order valence-corrected chi connectivity index (χ2v) is 6.60. The zero-order chi connectivity index (χ0) is 16.0. The summed E-state index contributed by atoms with van der Waals surface area (Å²) in [6.45, 7) is 0. The third kappa shape index (κ3) is 1.73. The zero-order valence-electron chi connectivity index (χ0n) is 13.3. The van der Waals surface area contributed by atoms with Crippen molar-refractivity contribution in [2.75, 3.05) is 0 Å². The summed E-state index contributed by atoms with van der Waals surface area (Å²) in [5.41, 5.74) is 3.73. The molecule has 3 aliphatic rings. The van der Waals surface area contributed by atoms with Crippen molar-refractivity contribution in [3.8, 4) is 0 Å². The lowest BCUT2D eigenvalue weighted by Crippen LogP contribution is -2.51. The molecule has 0 unspecified atom stereocenters. The van der Waals surface area contributed by atoms with Crippen LogP contribution in [0.1, 0.15) is 35.1 Å². The van der Waals surface area contributed by atoms with Crippen molar-refractivity contribution in [2.45, 2.75) is 24.0 Å². The van der Waals surface area contributed by atoms with Crippen LogP contribution in [-0.2, 0) is 21.0 Å². The lowest BCUT2D eigenvalue weighted by molar-refractivity contribution is -0.443. The number of benzene rings is 3. The first-order valence-electron chi connectivity index (χ1n) is 8.43. The first-order valence-corrected chi connectivity index (χ1v) is 8.43. The molecule has 1 saturated heterocycles. The van der Waals surface area contributed by atoms with Crippen LogP contribution in [0, 0.1) is 0 Å². The zero-order valence-corrected chi connectivity index (χ0v) is 13.3. The van der Waals surface area contributed by atoms with Gasteiger partial charge in [-0.3, -0.25) is 0 Å². The predicted molar refractivity (Wildman–Crippen MR) is 92.3 cm³/mol. The smallest absolute Gasteiger partial charge is 0.154 e. The van der Waals surface area contributed by atoms with Gasteiger partial charge in [0.05, 0.1) is 0 Å². The predicted octanol–water partition coefficient (Wildman–Crippen LogP) is 4.93. The molecule has 0 aromatic heterocycles. The van der Waals surface area contributed by atoms with Gasteiger partial charge in [-0.05, 0) is 35.1 Å². The molecule has 0 radical (unpaired) electrons. The summed E-state index contributed by atoms with van der Waals surface area (Å²) >= 11 is 0. The van der Waals surface area contributed by atoms with Crippen molar-refractivity contribution in [3.05, 3.63) is 107 Å². The van der Waals surface area contributed by atoms with Gasteiger partial charge in [0.25, 0.3) is 0 Å². The summed E-state index contributed by atoms with van der Waals surface area (Å²) < 4.78 is 0. The summed E-state index contributed by atoms with van der Waals surface area (Å²) in [7, 11) is 0. The van der Waals surface area contributed by atoms with E-state index in [-0.39, 0.29) is 0 Å². The van der Waals surface area contributed by atoms with Crippen LogP contribution < -0.4 is 0 Å². The third-order valence-electron chi connectivity index (χ3n) is 5.43. The molecule has 2 aliphatic heterocycles. The van der Waals surface area contributed by atoms with Crippen molar-refractivity contribution in [1.29, 1.82) is 0 Å². The van der Waals surface area contributed by atoms with Crippen LogP contribution in [0.25, 0.3) is 0 Å². The Hall–Kier alpha value is -2.42. The number of fused-ring (bicyclic) bond motifs is 2. The molecule has 0 N–H and O–H groups in total. The molecule has 1 fully saturated rings. The van der Waals surface area contributed by atoms with Gasteiger partial charge in [0, 0.05) is 0 Å². The molecule has 6 rings (SSSR count). The first-order chi connectivity index (χ1) is 11.9. The monoisotopic (exact) mass is 314 g/mol. The molecular weight excluding hydrogens is 296 g/mol. The number of hydrogen-bond acceptors (Lipinski definition) is 2. The summed E-state index contributed by atoms with van der Waals surface area (Å²) in [4.78, 5) is 12.3. The van der Waals surface area contributed by atoms with Gasteiger partial charge in [-0.2, -0.15) is 0 Å². The van der Waals surface area contributed by atoms with E-state index < -0.39 is 11.2 Å². The van der Waals surface area contributed by atoms with Crippen molar-refractivity contribution < 1.29 is 9.78 Å². The Labute approximate surface area is 141 Å². The van der Waals surface area contributed by atoms with Crippen LogP contribution in [0.3, 0.4) is 0 Å². The lowest BCUT2D eigenvalue weighted by Gasteiger charge is -2.52. The van der Waals surface area contributed by atoms with E-state index >= 15 is 0 Å². The van der Waals surface area contributed by atoms with E-state index in [0.29, 0.717) is 0 Å². The Morgan fingerprint density at radius 3 is 1.25 bits per heavy atom. The molecule has 2 heterocycles. The molecule has 0 spiro atoms. The highest BCUT2D eigenvalue weighted by molar-refractivity contribution is 5.51. The van der Waals surface area contributed by atoms with E-state index in [1.165, 1.54) is 11.1 Å². The van der Waals surface area contributed by atoms with Gasteiger partial charge in [-0.25, -0.2) is 9.78 Å². The van der Waals surface area contributed by atoms with E-state index in [0.717, 1.165) is 24.0 Å². The van der Waals surface area contributed by atoms with Crippen LogP contribution in [0.2, 0.25) is 0 Å². The Morgan fingerprint density at radius 1 is 0.500 bits per heavy atom. The highest BCUT2D eigenvalue weighted by Gasteiger charge is 2.57. The Balaban J connectivity index is 1.76. The minimum atomic E-state index is -0.506. The third-order valence-corrected chi connectivity index (χ3v) is 5.43. The number of rotatable bonds is 2. The molecule has 1 aliphatic carbocycles. The molecule has 0 amide bonds. The van der Waals surface area contributed by atoms with E-state index in [1.807, 2.05) is 12.1 Å². The average molecular weight is 314 g/mol. The molecule has 2 atom stereocenters. The largest absolute Gasteiger partial charge is 0.219 e. The van der Waals surface area contributed by atoms with Crippen molar-refractivity contribution in [2.24, 2.45) is 0 Å². The van der Waals surface area contributed by atoms with Gasteiger partial charge in [-0.15, -0.1) is 0 Å². The maximum absolute atomic E-state index is 6.13. The molecule has 3 aromatic rings. The normalized spacial score (nSPS) is 27.7. The Bertz CT molecular complexity index is 788. The summed E-state index contributed by atoms with van der Waals surface area (Å²) in [6, 6.07) is 29.4. The molecule has 24 heavy (non-hydrogen) atoms. The summed E-state index contributed by atoms with van der Waals surface area (Å²) in [6.07, 6.45) is 1.81. The van der Waals surface area contributed by atoms with Gasteiger partial charge in [-0.1, -0.05) is 84.9 Å². The fourth-order valence-corrected chi connectivity index (χ4v) is 4.23. The molecule has 0 saturated carbocycles. The minimum Gasteiger partial charge on any atom is -0.219 e. The minimum absolute atomic E-state index is 0.506. The quantitative estimate of drug-likeness (QED) is 0.624. The second kappa shape index (κ2) is 5.04. The topological polar surface area (TPSA) is 18.5 Å². The SMILES string of the molecule is c1ccc([C@]23CC[C@](c4ccccc4)(OO2)c2ccccc23)cc1. The molecular formula is C22H18O2. The standard InChI is InChI=1S/C22H18O2/c1-3-9-17(10-4-1)21-15-16-22(24-23-21,18-11-5-2-6-12-18)20-14-8-7-13-19(20)21/h1-14H,15-16H2/t21-,22+. The van der Waals surface area contributed by atoms with Crippen LogP contribution >= 0.6 is 0 Å². The summed E-state index contributed by atoms with van der Waals surface area (Å²) in [5.74, 6) is 0. The maximum atomic E-state index is 6.13. The Kier molecular flexibility index (Phi) is 2.93. The summed E-state index contributed by atoms with van der Waals surface area (Å²) in [5, 5.41) is 0. The second-order valence-electron chi connectivity index (χ2n) is 6.60. The van der Waals surface area contributed by atoms with Gasteiger partial charge in [0.2, 0.25) is 0 Å². The average Bonchev–Trinajstić information content (AvgIpc) is 2.70. The highest BCUT2D eigenvalue weighted by atomic mass is 17.2. The van der Waals surface area contributed by atoms with Crippen LogP contribution in [0.4, 0.5) is 0 Å². The molecule has 2 nitrogen and oxygen atoms in total. The van der Waals surface area contributed by atoms with Gasteiger partial charge in [0.15, 0.2) is 11.2 Å². The Morgan fingerprint density at radius 2 is 0.875 bits per heavy atom. The molecule has 118 valence electrons. The van der Waals surface area contributed by atoms with Gasteiger partial charge >= 0.3 is 0 Å². The fourth-order valence-electron chi connectivity index (χ4n) is 4.23. The number of hydrogen-bond donors (Lipinski definition) is 0. The van der Waals surface area contributed by atoms with E-state index in [9.17, 15) is 0 Å². The van der Waals surface area contributed by atoms with Crippen LogP contribution in [0.15, 0.2) is 84.9 Å². The lowest BCUT2D eigenvalue weighted by atomic mass is 9.66. The molecule has 2 bridgehead atoms. The first kappa shape index (κ1) is 14.0. The van der Waals surface area contributed by atoms with Crippen molar-refractivity contribution in [1.82, 2.24) is 0 Å². The van der Waals surface area contributed by atoms with Crippen LogP contribution in [0.5, 0.6) is 0 Å². The van der Waals surface area contributed by atoms with Crippen molar-refractivity contribution >= 4 is 0 Å². The van der Waals surface area contributed by atoms with E-state index in [1.54, 1.807) is 0 Å². The maximum Gasteiger partial charge on any atom is 0.154 e. The van der Waals surface area contributed by atoms with Crippen molar-refractivity contribution in [3.63, 3.8) is 0 Å². The highest BCUT2D eigenvalue weighted by Crippen LogP contribution is 2.58.